The molecule has 116 valence electrons. The van der Waals surface area contributed by atoms with Crippen molar-refractivity contribution in [1.82, 2.24) is 9.97 Å². The molecule has 0 amide bonds. The molecule has 1 aromatic carbocycles. The van der Waals surface area contributed by atoms with Crippen molar-refractivity contribution in [1.29, 1.82) is 0 Å². The number of hydrogen-bond acceptors (Lipinski definition) is 3. The maximum Gasteiger partial charge on any atom is 0.329 e. The number of unbranched alkanes of at least 4 members (excludes halogenated alkanes) is 1. The van der Waals surface area contributed by atoms with Gasteiger partial charge in [0.1, 0.15) is 0 Å². The SMILES string of the molecule is CCCCc1cnc(-c2ccc([C@@](C)(Cl)C(=O)O)cc2)nc1. The zero-order chi connectivity index (χ0) is 16.2. The summed E-state index contributed by atoms with van der Waals surface area (Å²) in [5.74, 6) is -0.447. The van der Waals surface area contributed by atoms with E-state index in [1.807, 2.05) is 12.4 Å². The van der Waals surface area contributed by atoms with Crippen molar-refractivity contribution in [3.8, 4) is 11.4 Å². The number of rotatable bonds is 6. The summed E-state index contributed by atoms with van der Waals surface area (Å²) in [6.07, 6.45) is 6.94. The monoisotopic (exact) mass is 318 g/mol. The average molecular weight is 319 g/mol. The number of halogens is 1. The van der Waals surface area contributed by atoms with E-state index < -0.39 is 10.8 Å². The standard InChI is InChI=1S/C17H19ClN2O2/c1-3-4-5-12-10-19-15(20-11-12)13-6-8-14(9-7-13)17(2,18)16(21)22/h6-11H,3-5H2,1-2H3,(H,21,22)/t17-/m1/s1. The number of aromatic nitrogens is 2. The van der Waals surface area contributed by atoms with Gasteiger partial charge in [0.2, 0.25) is 0 Å². The Labute approximate surface area is 135 Å². The third kappa shape index (κ3) is 3.63. The Kier molecular flexibility index (Phi) is 5.14. The Morgan fingerprint density at radius 2 is 1.82 bits per heavy atom. The minimum absolute atomic E-state index is 0.532. The van der Waals surface area contributed by atoms with Crippen LogP contribution in [0, 0.1) is 0 Å². The van der Waals surface area contributed by atoms with Gasteiger partial charge in [-0.25, -0.2) is 14.8 Å². The predicted octanol–water partition coefficient (Wildman–Crippen LogP) is 4.02. The van der Waals surface area contributed by atoms with Crippen LogP contribution in [-0.4, -0.2) is 21.0 Å². The summed E-state index contributed by atoms with van der Waals surface area (Å²) in [5.41, 5.74) is 2.50. The van der Waals surface area contributed by atoms with Crippen LogP contribution < -0.4 is 0 Å². The Bertz CT molecular complexity index is 637. The molecule has 5 heteroatoms. The molecule has 1 aromatic heterocycles. The summed E-state index contributed by atoms with van der Waals surface area (Å²) in [5, 5.41) is 9.13. The van der Waals surface area contributed by atoms with E-state index in [4.69, 9.17) is 16.7 Å². The summed E-state index contributed by atoms with van der Waals surface area (Å²) in [6, 6.07) is 6.98. The van der Waals surface area contributed by atoms with Crippen LogP contribution in [0.5, 0.6) is 0 Å². The Hall–Kier alpha value is -1.94. The van der Waals surface area contributed by atoms with Gasteiger partial charge in [-0.2, -0.15) is 0 Å². The van der Waals surface area contributed by atoms with Gasteiger partial charge in [-0.05, 0) is 30.9 Å². The van der Waals surface area contributed by atoms with Gasteiger partial charge in [0.05, 0.1) is 0 Å². The van der Waals surface area contributed by atoms with Crippen molar-refractivity contribution >= 4 is 17.6 Å². The number of carboxylic acids is 1. The average Bonchev–Trinajstić information content (AvgIpc) is 2.53. The van der Waals surface area contributed by atoms with Crippen LogP contribution in [0.25, 0.3) is 11.4 Å². The normalized spacial score (nSPS) is 13.6. The highest BCUT2D eigenvalue weighted by Gasteiger charge is 2.32. The van der Waals surface area contributed by atoms with Crippen molar-refractivity contribution in [2.75, 3.05) is 0 Å². The molecule has 0 fully saturated rings. The lowest BCUT2D eigenvalue weighted by molar-refractivity contribution is -0.139. The van der Waals surface area contributed by atoms with Crippen molar-refractivity contribution in [2.45, 2.75) is 38.0 Å². The molecular formula is C17H19ClN2O2. The van der Waals surface area contributed by atoms with E-state index in [1.165, 1.54) is 6.92 Å². The zero-order valence-corrected chi connectivity index (χ0v) is 13.5. The molecule has 4 nitrogen and oxygen atoms in total. The van der Waals surface area contributed by atoms with Gasteiger partial charge in [-0.3, -0.25) is 0 Å². The van der Waals surface area contributed by atoms with E-state index in [-0.39, 0.29) is 0 Å². The number of alkyl halides is 1. The lowest BCUT2D eigenvalue weighted by Gasteiger charge is -2.17. The Balaban J connectivity index is 2.18. The highest BCUT2D eigenvalue weighted by Crippen LogP contribution is 2.30. The molecule has 0 aliphatic carbocycles. The summed E-state index contributed by atoms with van der Waals surface area (Å²) in [7, 11) is 0. The predicted molar refractivity (Wildman–Crippen MR) is 86.9 cm³/mol. The fraction of sp³-hybridized carbons (Fsp3) is 0.353. The van der Waals surface area contributed by atoms with E-state index in [0.29, 0.717) is 11.4 Å². The summed E-state index contributed by atoms with van der Waals surface area (Å²) < 4.78 is 0. The second kappa shape index (κ2) is 6.88. The van der Waals surface area contributed by atoms with Crippen molar-refractivity contribution in [2.24, 2.45) is 0 Å². The zero-order valence-electron chi connectivity index (χ0n) is 12.7. The quantitative estimate of drug-likeness (QED) is 0.817. The van der Waals surface area contributed by atoms with E-state index >= 15 is 0 Å². The smallest absolute Gasteiger partial charge is 0.329 e. The molecule has 0 unspecified atom stereocenters. The maximum atomic E-state index is 11.1. The first-order valence-electron chi connectivity index (χ1n) is 7.29. The highest BCUT2D eigenvalue weighted by atomic mass is 35.5. The first kappa shape index (κ1) is 16.4. The fourth-order valence-corrected chi connectivity index (χ4v) is 2.20. The van der Waals surface area contributed by atoms with Crippen molar-refractivity contribution < 1.29 is 9.90 Å². The Morgan fingerprint density at radius 1 is 1.23 bits per heavy atom. The van der Waals surface area contributed by atoms with Gasteiger partial charge < -0.3 is 5.11 Å². The largest absolute Gasteiger partial charge is 0.480 e. The highest BCUT2D eigenvalue weighted by molar-refractivity contribution is 6.33. The van der Waals surface area contributed by atoms with Crippen LogP contribution in [0.1, 0.15) is 37.8 Å². The Morgan fingerprint density at radius 3 is 2.32 bits per heavy atom. The molecule has 0 aliphatic heterocycles. The summed E-state index contributed by atoms with van der Waals surface area (Å²) >= 11 is 6.03. The molecule has 0 bridgehead atoms. The molecule has 1 heterocycles. The number of aryl methyl sites for hydroxylation is 1. The third-order valence-electron chi connectivity index (χ3n) is 3.61. The van der Waals surface area contributed by atoms with Gasteiger partial charge in [0.15, 0.2) is 10.7 Å². The first-order chi connectivity index (χ1) is 10.4. The number of hydrogen-bond donors (Lipinski definition) is 1. The second-order valence-corrected chi connectivity index (χ2v) is 6.16. The molecule has 0 radical (unpaired) electrons. The van der Waals surface area contributed by atoms with Gasteiger partial charge in [0, 0.05) is 18.0 Å². The van der Waals surface area contributed by atoms with Crippen molar-refractivity contribution in [3.05, 3.63) is 47.8 Å². The minimum atomic E-state index is -1.43. The lowest BCUT2D eigenvalue weighted by Crippen LogP contribution is -2.25. The molecule has 1 N–H and O–H groups in total. The van der Waals surface area contributed by atoms with Crippen LogP contribution in [-0.2, 0) is 16.1 Å². The molecule has 0 spiro atoms. The number of carboxylic acid groups (broad SMARTS) is 1. The van der Waals surface area contributed by atoms with Crippen molar-refractivity contribution in [3.63, 3.8) is 0 Å². The second-order valence-electron chi connectivity index (χ2n) is 5.40. The molecule has 2 rings (SSSR count). The molecule has 0 aliphatic rings. The third-order valence-corrected chi connectivity index (χ3v) is 3.99. The number of benzene rings is 1. The molecule has 22 heavy (non-hydrogen) atoms. The minimum Gasteiger partial charge on any atom is -0.480 e. The van der Waals surface area contributed by atoms with Crippen LogP contribution in [0.3, 0.4) is 0 Å². The van der Waals surface area contributed by atoms with Gasteiger partial charge in [-0.1, -0.05) is 37.6 Å². The van der Waals surface area contributed by atoms with E-state index in [2.05, 4.69) is 16.9 Å². The topological polar surface area (TPSA) is 63.1 Å². The molecule has 0 saturated carbocycles. The summed E-state index contributed by atoms with van der Waals surface area (Å²) in [4.78, 5) is 18.5. The molecule has 1 atom stereocenters. The maximum absolute atomic E-state index is 11.1. The molecule has 0 saturated heterocycles. The van der Waals surface area contributed by atoms with Gasteiger partial charge >= 0.3 is 5.97 Å². The first-order valence-corrected chi connectivity index (χ1v) is 7.67. The van der Waals surface area contributed by atoms with Crippen LogP contribution in [0.15, 0.2) is 36.7 Å². The molecule has 2 aromatic rings. The lowest BCUT2D eigenvalue weighted by atomic mass is 9.99. The van der Waals surface area contributed by atoms with Gasteiger partial charge in [0.25, 0.3) is 0 Å². The van der Waals surface area contributed by atoms with Crippen LogP contribution in [0.2, 0.25) is 0 Å². The van der Waals surface area contributed by atoms with E-state index in [9.17, 15) is 4.79 Å². The fourth-order valence-electron chi connectivity index (χ4n) is 2.07. The van der Waals surface area contributed by atoms with Crippen LogP contribution >= 0.6 is 11.6 Å². The van der Waals surface area contributed by atoms with E-state index in [1.54, 1.807) is 24.3 Å². The van der Waals surface area contributed by atoms with E-state index in [0.717, 1.165) is 30.4 Å². The van der Waals surface area contributed by atoms with Crippen LogP contribution in [0.4, 0.5) is 0 Å². The van der Waals surface area contributed by atoms with Gasteiger partial charge in [-0.15, -0.1) is 11.6 Å². The number of nitrogens with zero attached hydrogens (tertiary/aromatic N) is 2. The number of carbonyl (C=O) groups is 1. The summed E-state index contributed by atoms with van der Waals surface area (Å²) in [6.45, 7) is 3.61. The molecular weight excluding hydrogens is 300 g/mol. The number of aliphatic carboxylic acids is 1.